The SMILES string of the molecule is C=CCCc1c(C(=O)O)c2ccccc2c(=O)n1Cc1ccc(-c2ccccc2-c2nn[nH]n2)cc1. The average molecular weight is 478 g/mol. The van der Waals surface area contributed by atoms with Crippen LogP contribution in [0.2, 0.25) is 0 Å². The summed E-state index contributed by atoms with van der Waals surface area (Å²) in [5, 5.41) is 25.2. The molecule has 8 nitrogen and oxygen atoms in total. The number of fused-ring (bicyclic) bond motifs is 1. The molecule has 0 bridgehead atoms. The molecule has 3 aromatic carbocycles. The Morgan fingerprint density at radius 1 is 0.972 bits per heavy atom. The molecule has 8 heteroatoms. The van der Waals surface area contributed by atoms with Gasteiger partial charge in [0, 0.05) is 22.0 Å². The summed E-state index contributed by atoms with van der Waals surface area (Å²) in [6.45, 7) is 4.02. The summed E-state index contributed by atoms with van der Waals surface area (Å²) in [5.74, 6) is -0.544. The number of nitrogens with one attached hydrogen (secondary N) is 1. The summed E-state index contributed by atoms with van der Waals surface area (Å²) in [4.78, 5) is 25.8. The van der Waals surface area contributed by atoms with E-state index in [4.69, 9.17) is 0 Å². The summed E-state index contributed by atoms with van der Waals surface area (Å²) >= 11 is 0. The van der Waals surface area contributed by atoms with E-state index in [1.54, 1.807) is 34.9 Å². The summed E-state index contributed by atoms with van der Waals surface area (Å²) in [7, 11) is 0. The summed E-state index contributed by atoms with van der Waals surface area (Å²) in [5.41, 5.74) is 4.10. The van der Waals surface area contributed by atoms with E-state index in [0.717, 1.165) is 22.3 Å². The van der Waals surface area contributed by atoms with Crippen LogP contribution in [0.5, 0.6) is 0 Å². The number of aromatic amines is 1. The Hall–Kier alpha value is -4.85. The molecular weight excluding hydrogens is 454 g/mol. The second-order valence-corrected chi connectivity index (χ2v) is 8.37. The van der Waals surface area contributed by atoms with Gasteiger partial charge in [0.25, 0.3) is 5.56 Å². The maximum absolute atomic E-state index is 13.5. The fraction of sp³-hybridized carbons (Fsp3) is 0.107. The molecule has 0 spiro atoms. The van der Waals surface area contributed by atoms with Gasteiger partial charge in [-0.2, -0.15) is 5.21 Å². The molecule has 0 amide bonds. The van der Waals surface area contributed by atoms with Crippen molar-refractivity contribution < 1.29 is 9.90 Å². The minimum atomic E-state index is -1.05. The van der Waals surface area contributed by atoms with Gasteiger partial charge in [-0.1, -0.05) is 72.8 Å². The minimum Gasteiger partial charge on any atom is -0.478 e. The van der Waals surface area contributed by atoms with Crippen molar-refractivity contribution in [3.8, 4) is 22.5 Å². The molecule has 0 saturated heterocycles. The molecular formula is C28H23N5O3. The number of benzene rings is 3. The standard InChI is InChI=1S/C28H23N5O3/c1-2-3-12-24-25(28(35)36)21-9-5-7-11-23(21)27(34)33(24)17-18-13-15-19(16-14-18)20-8-4-6-10-22(20)26-29-31-32-30-26/h2,4-11,13-16H,1,3,12,17H2,(H,35,36)(H,29,30,31,32). The van der Waals surface area contributed by atoms with Gasteiger partial charge in [-0.15, -0.1) is 16.8 Å². The van der Waals surface area contributed by atoms with Crippen molar-refractivity contribution in [2.45, 2.75) is 19.4 Å². The van der Waals surface area contributed by atoms with Gasteiger partial charge in [-0.3, -0.25) is 4.79 Å². The van der Waals surface area contributed by atoms with E-state index in [2.05, 4.69) is 27.2 Å². The van der Waals surface area contributed by atoms with Crippen LogP contribution in [0, 0.1) is 0 Å². The molecule has 0 saturated carbocycles. The average Bonchev–Trinajstić information content (AvgIpc) is 3.44. The van der Waals surface area contributed by atoms with Crippen LogP contribution in [0.1, 0.15) is 28.0 Å². The summed E-state index contributed by atoms with van der Waals surface area (Å²) in [6.07, 6.45) is 2.69. The first kappa shape index (κ1) is 22.9. The Morgan fingerprint density at radius 2 is 1.67 bits per heavy atom. The van der Waals surface area contributed by atoms with Crippen LogP contribution in [0.25, 0.3) is 33.3 Å². The predicted molar refractivity (Wildman–Crippen MR) is 138 cm³/mol. The van der Waals surface area contributed by atoms with Gasteiger partial charge in [0.15, 0.2) is 0 Å². The molecule has 178 valence electrons. The van der Waals surface area contributed by atoms with Crippen LogP contribution in [0.3, 0.4) is 0 Å². The molecule has 0 atom stereocenters. The van der Waals surface area contributed by atoms with E-state index >= 15 is 0 Å². The number of hydrogen-bond donors (Lipinski definition) is 2. The number of pyridine rings is 1. The van der Waals surface area contributed by atoms with Gasteiger partial charge >= 0.3 is 5.97 Å². The van der Waals surface area contributed by atoms with Gasteiger partial charge in [0.1, 0.15) is 0 Å². The Kier molecular flexibility index (Phi) is 6.23. The maximum Gasteiger partial charge on any atom is 0.338 e. The van der Waals surface area contributed by atoms with Crippen LogP contribution in [-0.2, 0) is 13.0 Å². The molecule has 2 aromatic heterocycles. The van der Waals surface area contributed by atoms with Crippen molar-refractivity contribution in [2.75, 3.05) is 0 Å². The van der Waals surface area contributed by atoms with E-state index in [0.29, 0.717) is 35.1 Å². The van der Waals surface area contributed by atoms with Gasteiger partial charge < -0.3 is 9.67 Å². The largest absolute Gasteiger partial charge is 0.478 e. The zero-order valence-electron chi connectivity index (χ0n) is 19.4. The number of tetrazole rings is 1. The minimum absolute atomic E-state index is 0.165. The third-order valence-electron chi connectivity index (χ3n) is 6.20. The van der Waals surface area contributed by atoms with Crippen LogP contribution < -0.4 is 5.56 Å². The first-order chi connectivity index (χ1) is 17.6. The lowest BCUT2D eigenvalue weighted by atomic mass is 9.98. The second-order valence-electron chi connectivity index (χ2n) is 8.37. The lowest BCUT2D eigenvalue weighted by Gasteiger charge is -2.18. The number of carboxylic acids is 1. The Labute approximate surface area is 206 Å². The fourth-order valence-electron chi connectivity index (χ4n) is 4.53. The van der Waals surface area contributed by atoms with E-state index in [9.17, 15) is 14.7 Å². The van der Waals surface area contributed by atoms with Crippen LogP contribution in [-0.4, -0.2) is 36.3 Å². The van der Waals surface area contributed by atoms with E-state index in [1.807, 2.05) is 48.5 Å². The molecule has 0 radical (unpaired) electrons. The molecule has 0 aliphatic heterocycles. The van der Waals surface area contributed by atoms with Gasteiger partial charge in [-0.25, -0.2) is 4.79 Å². The molecule has 36 heavy (non-hydrogen) atoms. The Morgan fingerprint density at radius 3 is 2.33 bits per heavy atom. The van der Waals surface area contributed by atoms with Crippen LogP contribution in [0.15, 0.2) is 90.2 Å². The van der Waals surface area contributed by atoms with Gasteiger partial charge in [0.2, 0.25) is 5.82 Å². The number of H-pyrrole nitrogens is 1. The number of aromatic carboxylic acids is 1. The Bertz CT molecular complexity index is 1620. The predicted octanol–water partition coefficient (Wildman–Crippen LogP) is 4.71. The number of aromatic nitrogens is 5. The lowest BCUT2D eigenvalue weighted by molar-refractivity contribution is 0.0696. The number of allylic oxidation sites excluding steroid dienone is 1. The highest BCUT2D eigenvalue weighted by Crippen LogP contribution is 2.30. The van der Waals surface area contributed by atoms with Crippen molar-refractivity contribution in [1.82, 2.24) is 25.2 Å². The highest BCUT2D eigenvalue weighted by Gasteiger charge is 2.21. The van der Waals surface area contributed by atoms with E-state index < -0.39 is 5.97 Å². The maximum atomic E-state index is 13.5. The third kappa shape index (κ3) is 4.20. The summed E-state index contributed by atoms with van der Waals surface area (Å²) in [6, 6.07) is 22.5. The molecule has 0 fully saturated rings. The van der Waals surface area contributed by atoms with Crippen LogP contribution in [0.4, 0.5) is 0 Å². The van der Waals surface area contributed by atoms with Crippen molar-refractivity contribution >= 4 is 16.7 Å². The smallest absolute Gasteiger partial charge is 0.338 e. The number of nitrogens with zero attached hydrogens (tertiary/aromatic N) is 4. The highest BCUT2D eigenvalue weighted by molar-refractivity contribution is 6.04. The van der Waals surface area contributed by atoms with E-state index in [1.165, 1.54) is 0 Å². The quantitative estimate of drug-likeness (QED) is 0.313. The topological polar surface area (TPSA) is 114 Å². The first-order valence-electron chi connectivity index (χ1n) is 11.5. The summed E-state index contributed by atoms with van der Waals surface area (Å²) < 4.78 is 1.58. The monoisotopic (exact) mass is 477 g/mol. The molecule has 5 rings (SSSR count). The molecule has 2 N–H and O–H groups in total. The molecule has 2 heterocycles. The highest BCUT2D eigenvalue weighted by atomic mass is 16.4. The number of carboxylic acid groups (broad SMARTS) is 1. The molecule has 0 unspecified atom stereocenters. The normalized spacial score (nSPS) is 11.0. The van der Waals surface area contributed by atoms with E-state index in [-0.39, 0.29) is 17.7 Å². The molecule has 0 aliphatic rings. The molecule has 5 aromatic rings. The van der Waals surface area contributed by atoms with Crippen molar-refractivity contribution in [2.24, 2.45) is 0 Å². The number of carbonyl (C=O) groups is 1. The number of hydrogen-bond acceptors (Lipinski definition) is 5. The van der Waals surface area contributed by atoms with Gasteiger partial charge in [0.05, 0.1) is 12.1 Å². The lowest BCUT2D eigenvalue weighted by Crippen LogP contribution is -2.27. The molecule has 0 aliphatic carbocycles. The van der Waals surface area contributed by atoms with Crippen molar-refractivity contribution in [1.29, 1.82) is 0 Å². The zero-order chi connectivity index (χ0) is 25.1. The number of rotatable bonds is 8. The Balaban J connectivity index is 1.58. The van der Waals surface area contributed by atoms with Gasteiger partial charge in [-0.05, 0) is 40.8 Å². The van der Waals surface area contributed by atoms with Crippen molar-refractivity contribution in [3.63, 3.8) is 0 Å². The van der Waals surface area contributed by atoms with Crippen molar-refractivity contribution in [3.05, 3.63) is 113 Å². The fourth-order valence-corrected chi connectivity index (χ4v) is 4.53. The van der Waals surface area contributed by atoms with Crippen LogP contribution >= 0.6 is 0 Å². The second kappa shape index (κ2) is 9.79. The third-order valence-corrected chi connectivity index (χ3v) is 6.20. The zero-order valence-corrected chi connectivity index (χ0v) is 19.4. The first-order valence-corrected chi connectivity index (χ1v) is 11.5.